The van der Waals surface area contributed by atoms with Crippen molar-refractivity contribution in [3.63, 3.8) is 0 Å². The van der Waals surface area contributed by atoms with Crippen LogP contribution in [0.2, 0.25) is 0 Å². The normalized spacial score (nSPS) is 10.7. The molecule has 0 saturated carbocycles. The summed E-state index contributed by atoms with van der Waals surface area (Å²) in [5.41, 5.74) is 8.55. The van der Waals surface area contributed by atoms with Crippen molar-refractivity contribution in [1.82, 2.24) is 9.38 Å². The summed E-state index contributed by atoms with van der Waals surface area (Å²) in [6.07, 6.45) is 2.66. The first-order valence-electron chi connectivity index (χ1n) is 5.58. The lowest BCUT2D eigenvalue weighted by Crippen LogP contribution is -1.89. The van der Waals surface area contributed by atoms with Gasteiger partial charge in [0.1, 0.15) is 11.5 Å². The van der Waals surface area contributed by atoms with Gasteiger partial charge in [0.05, 0.1) is 5.52 Å². The van der Waals surface area contributed by atoms with Crippen LogP contribution < -0.4 is 5.73 Å². The largest absolute Gasteiger partial charge is 0.399 e. The number of hydrogen-bond acceptors (Lipinski definition) is 3. The average Bonchev–Trinajstić information content (AvgIpc) is 2.79. The van der Waals surface area contributed by atoms with Gasteiger partial charge in [0.2, 0.25) is 0 Å². The quantitative estimate of drug-likeness (QED) is 0.550. The fourth-order valence-electron chi connectivity index (χ4n) is 1.98. The molecule has 0 bridgehead atoms. The highest BCUT2D eigenvalue weighted by Gasteiger charge is 2.11. The summed E-state index contributed by atoms with van der Waals surface area (Å²) in [4.78, 5) is 15.4. The van der Waals surface area contributed by atoms with Crippen LogP contribution in [0.3, 0.4) is 0 Å². The van der Waals surface area contributed by atoms with Crippen LogP contribution in [0.5, 0.6) is 0 Å². The van der Waals surface area contributed by atoms with Crippen molar-refractivity contribution in [3.05, 3.63) is 54.4 Å². The summed E-state index contributed by atoms with van der Waals surface area (Å²) >= 11 is 0. The van der Waals surface area contributed by atoms with Gasteiger partial charge in [-0.3, -0.25) is 9.20 Å². The minimum atomic E-state index is 0.447. The molecule has 4 nitrogen and oxygen atoms in total. The van der Waals surface area contributed by atoms with Gasteiger partial charge in [-0.15, -0.1) is 0 Å². The number of anilines is 1. The van der Waals surface area contributed by atoms with Gasteiger partial charge in [0, 0.05) is 17.4 Å². The van der Waals surface area contributed by atoms with E-state index in [1.165, 1.54) is 0 Å². The molecule has 0 saturated heterocycles. The molecule has 2 N–H and O–H groups in total. The Bertz CT molecular complexity index is 713. The maximum absolute atomic E-state index is 11.0. The van der Waals surface area contributed by atoms with Gasteiger partial charge < -0.3 is 5.73 Å². The maximum atomic E-state index is 11.0. The number of rotatable bonds is 2. The first-order valence-corrected chi connectivity index (χ1v) is 5.58. The second kappa shape index (κ2) is 4.00. The molecule has 0 aliphatic rings. The number of nitrogens with zero attached hydrogens (tertiary/aromatic N) is 2. The molecule has 1 aromatic carbocycles. The Morgan fingerprint density at radius 3 is 2.61 bits per heavy atom. The first kappa shape index (κ1) is 10.5. The third-order valence-electron chi connectivity index (χ3n) is 2.86. The number of hydrogen-bond donors (Lipinski definition) is 1. The standard InChI is InChI=1S/C14H11N3O/c15-11-6-4-10(5-7-11)14-16-12(9-18)13-3-1-2-8-17(13)14/h1-9H,15H2. The zero-order valence-corrected chi connectivity index (χ0v) is 9.58. The van der Waals surface area contributed by atoms with Crippen LogP contribution in [0.15, 0.2) is 48.7 Å². The van der Waals surface area contributed by atoms with Crippen molar-refractivity contribution in [3.8, 4) is 11.4 Å². The fourth-order valence-corrected chi connectivity index (χ4v) is 1.98. The number of benzene rings is 1. The van der Waals surface area contributed by atoms with Gasteiger partial charge in [0.15, 0.2) is 6.29 Å². The molecule has 0 fully saturated rings. The molecule has 2 heterocycles. The number of aldehydes is 1. The van der Waals surface area contributed by atoms with Crippen LogP contribution in [0.25, 0.3) is 16.9 Å². The molecule has 3 aromatic rings. The molecular weight excluding hydrogens is 226 g/mol. The smallest absolute Gasteiger partial charge is 0.170 e. The van der Waals surface area contributed by atoms with E-state index in [-0.39, 0.29) is 0 Å². The second-order valence-corrected chi connectivity index (χ2v) is 4.02. The first-order chi connectivity index (χ1) is 8.79. The van der Waals surface area contributed by atoms with Crippen LogP contribution >= 0.6 is 0 Å². The van der Waals surface area contributed by atoms with Gasteiger partial charge in [-0.2, -0.15) is 0 Å². The lowest BCUT2D eigenvalue weighted by molar-refractivity contribution is 0.112. The van der Waals surface area contributed by atoms with E-state index in [0.717, 1.165) is 23.2 Å². The van der Waals surface area contributed by atoms with E-state index >= 15 is 0 Å². The number of fused-ring (bicyclic) bond motifs is 1. The van der Waals surface area contributed by atoms with Gasteiger partial charge in [-0.05, 0) is 36.4 Å². The zero-order chi connectivity index (χ0) is 12.5. The molecule has 0 aliphatic heterocycles. The molecule has 0 atom stereocenters. The Hall–Kier alpha value is -2.62. The number of pyridine rings is 1. The third kappa shape index (κ3) is 1.55. The molecule has 0 radical (unpaired) electrons. The van der Waals surface area contributed by atoms with E-state index in [9.17, 15) is 4.79 Å². The molecule has 18 heavy (non-hydrogen) atoms. The Morgan fingerprint density at radius 1 is 1.11 bits per heavy atom. The molecule has 0 aliphatic carbocycles. The average molecular weight is 237 g/mol. The minimum absolute atomic E-state index is 0.447. The van der Waals surface area contributed by atoms with Crippen molar-refractivity contribution in [2.24, 2.45) is 0 Å². The Morgan fingerprint density at radius 2 is 1.89 bits per heavy atom. The zero-order valence-electron chi connectivity index (χ0n) is 9.58. The number of nitrogens with two attached hydrogens (primary N) is 1. The van der Waals surface area contributed by atoms with E-state index < -0.39 is 0 Å². The summed E-state index contributed by atoms with van der Waals surface area (Å²) in [6, 6.07) is 13.1. The van der Waals surface area contributed by atoms with Crippen molar-refractivity contribution in [1.29, 1.82) is 0 Å². The topological polar surface area (TPSA) is 60.4 Å². The van der Waals surface area contributed by atoms with Gasteiger partial charge >= 0.3 is 0 Å². The Labute approximate surface area is 104 Å². The van der Waals surface area contributed by atoms with E-state index in [0.29, 0.717) is 11.4 Å². The van der Waals surface area contributed by atoms with Crippen LogP contribution in [0.4, 0.5) is 5.69 Å². The fraction of sp³-hybridized carbons (Fsp3) is 0. The van der Waals surface area contributed by atoms with Crippen molar-refractivity contribution < 1.29 is 4.79 Å². The van der Waals surface area contributed by atoms with Crippen LogP contribution in [0.1, 0.15) is 10.5 Å². The SMILES string of the molecule is Nc1ccc(-c2nc(C=O)c3ccccn23)cc1. The monoisotopic (exact) mass is 237 g/mol. The Kier molecular flexibility index (Phi) is 2.34. The summed E-state index contributed by atoms with van der Waals surface area (Å²) < 4.78 is 1.90. The second-order valence-electron chi connectivity index (χ2n) is 4.02. The molecule has 0 spiro atoms. The highest BCUT2D eigenvalue weighted by Crippen LogP contribution is 2.22. The molecule has 0 amide bonds. The third-order valence-corrected chi connectivity index (χ3v) is 2.86. The number of aromatic nitrogens is 2. The van der Waals surface area contributed by atoms with Crippen molar-refractivity contribution in [2.45, 2.75) is 0 Å². The number of imidazole rings is 1. The summed E-state index contributed by atoms with van der Waals surface area (Å²) in [5.74, 6) is 0.743. The number of carbonyl (C=O) groups is 1. The van der Waals surface area contributed by atoms with Crippen LogP contribution in [-0.2, 0) is 0 Å². The van der Waals surface area contributed by atoms with E-state index in [1.54, 1.807) is 0 Å². The minimum Gasteiger partial charge on any atom is -0.399 e. The number of carbonyl (C=O) groups excluding carboxylic acids is 1. The van der Waals surface area contributed by atoms with Crippen LogP contribution in [-0.4, -0.2) is 15.7 Å². The van der Waals surface area contributed by atoms with Crippen molar-refractivity contribution >= 4 is 17.5 Å². The van der Waals surface area contributed by atoms with Gasteiger partial charge in [-0.25, -0.2) is 4.98 Å². The van der Waals surface area contributed by atoms with E-state index in [1.807, 2.05) is 53.1 Å². The molecule has 0 unspecified atom stereocenters. The predicted octanol–water partition coefficient (Wildman–Crippen LogP) is 2.40. The summed E-state index contributed by atoms with van der Waals surface area (Å²) in [7, 11) is 0. The highest BCUT2D eigenvalue weighted by atomic mass is 16.1. The van der Waals surface area contributed by atoms with Gasteiger partial charge in [0.25, 0.3) is 0 Å². The summed E-state index contributed by atoms with van der Waals surface area (Å²) in [6.45, 7) is 0. The van der Waals surface area contributed by atoms with Crippen LogP contribution in [0, 0.1) is 0 Å². The predicted molar refractivity (Wildman–Crippen MR) is 70.4 cm³/mol. The lowest BCUT2D eigenvalue weighted by Gasteiger charge is -2.01. The molecule has 2 aromatic heterocycles. The molecule has 88 valence electrons. The van der Waals surface area contributed by atoms with E-state index in [2.05, 4.69) is 4.98 Å². The maximum Gasteiger partial charge on any atom is 0.170 e. The molecule has 4 heteroatoms. The van der Waals surface area contributed by atoms with E-state index in [4.69, 9.17) is 5.73 Å². The molecule has 3 rings (SSSR count). The number of nitrogen functional groups attached to an aromatic ring is 1. The molecular formula is C14H11N3O. The summed E-state index contributed by atoms with van der Waals surface area (Å²) in [5, 5.41) is 0. The highest BCUT2D eigenvalue weighted by molar-refractivity contribution is 5.86. The van der Waals surface area contributed by atoms with Gasteiger partial charge in [-0.1, -0.05) is 6.07 Å². The lowest BCUT2D eigenvalue weighted by atomic mass is 10.2. The Balaban J connectivity index is 2.29. The van der Waals surface area contributed by atoms with Crippen molar-refractivity contribution in [2.75, 3.05) is 5.73 Å².